The summed E-state index contributed by atoms with van der Waals surface area (Å²) in [5.41, 5.74) is 2.00. The van der Waals surface area contributed by atoms with E-state index in [9.17, 15) is 18.0 Å². The number of benzene rings is 2. The molecule has 2 N–H and O–H groups in total. The lowest BCUT2D eigenvalue weighted by molar-refractivity contribution is -0.137. The number of urea groups is 1. The van der Waals surface area contributed by atoms with Gasteiger partial charge in [-0.05, 0) is 31.2 Å². The molecule has 3 rings (SSSR count). The Morgan fingerprint density at radius 3 is 2.47 bits per heavy atom. The number of ether oxygens (including phenoxy) is 1. The van der Waals surface area contributed by atoms with Crippen molar-refractivity contribution in [1.82, 2.24) is 15.5 Å². The number of aromatic nitrogens is 2. The summed E-state index contributed by atoms with van der Waals surface area (Å²) in [5.74, 6) is 0.297. The van der Waals surface area contributed by atoms with E-state index in [4.69, 9.17) is 4.74 Å². The van der Waals surface area contributed by atoms with Crippen LogP contribution in [0.1, 0.15) is 11.1 Å². The Morgan fingerprint density at radius 1 is 1.03 bits per heavy atom. The summed E-state index contributed by atoms with van der Waals surface area (Å²) in [4.78, 5) is 11.8. The zero-order chi connectivity index (χ0) is 21.6. The number of nitrogens with one attached hydrogen (secondary N) is 2. The molecular formula is C21H19F3N4O2. The van der Waals surface area contributed by atoms with Crippen LogP contribution in [0.4, 0.5) is 23.7 Å². The molecule has 0 aliphatic rings. The van der Waals surface area contributed by atoms with Gasteiger partial charge in [0.25, 0.3) is 0 Å². The first-order valence-electron chi connectivity index (χ1n) is 9.07. The highest BCUT2D eigenvalue weighted by Gasteiger charge is 2.30. The largest absolute Gasteiger partial charge is 0.475 e. The quantitative estimate of drug-likeness (QED) is 0.573. The van der Waals surface area contributed by atoms with E-state index in [1.165, 1.54) is 12.1 Å². The average Bonchev–Trinajstić information content (AvgIpc) is 2.72. The number of halogens is 3. The summed E-state index contributed by atoms with van der Waals surface area (Å²) in [6.07, 6.45) is -4.47. The third-order valence-electron chi connectivity index (χ3n) is 4.07. The SMILES string of the molecule is Cc1ccc(-c2ccc(OCCNC(=O)Nc3cccc(C(F)(F)F)c3)nn2)cc1. The van der Waals surface area contributed by atoms with Crippen LogP contribution in [0.5, 0.6) is 5.88 Å². The fourth-order valence-corrected chi connectivity index (χ4v) is 2.54. The molecule has 2 aromatic carbocycles. The Hall–Kier alpha value is -3.62. The topological polar surface area (TPSA) is 76.1 Å². The maximum Gasteiger partial charge on any atom is 0.416 e. The van der Waals surface area contributed by atoms with Gasteiger partial charge in [-0.1, -0.05) is 35.9 Å². The number of rotatable bonds is 6. The van der Waals surface area contributed by atoms with Crippen LogP contribution in [0.25, 0.3) is 11.3 Å². The van der Waals surface area contributed by atoms with Crippen LogP contribution in [0.15, 0.2) is 60.7 Å². The predicted molar refractivity (Wildman–Crippen MR) is 106 cm³/mol. The average molecular weight is 416 g/mol. The monoisotopic (exact) mass is 416 g/mol. The normalized spacial score (nSPS) is 11.1. The predicted octanol–water partition coefficient (Wildman–Crippen LogP) is 4.67. The Labute approximate surface area is 171 Å². The molecule has 1 aromatic heterocycles. The minimum atomic E-state index is -4.47. The molecule has 0 radical (unpaired) electrons. The Kier molecular flexibility index (Phi) is 6.51. The minimum Gasteiger partial charge on any atom is -0.475 e. The van der Waals surface area contributed by atoms with Crippen molar-refractivity contribution in [2.45, 2.75) is 13.1 Å². The Balaban J connectivity index is 1.43. The van der Waals surface area contributed by atoms with Crippen LogP contribution < -0.4 is 15.4 Å². The van der Waals surface area contributed by atoms with Crippen molar-refractivity contribution in [3.63, 3.8) is 0 Å². The van der Waals surface area contributed by atoms with Gasteiger partial charge in [0.15, 0.2) is 0 Å². The molecule has 0 unspecified atom stereocenters. The highest BCUT2D eigenvalue weighted by molar-refractivity contribution is 5.89. The second-order valence-electron chi connectivity index (χ2n) is 6.43. The summed E-state index contributed by atoms with van der Waals surface area (Å²) < 4.78 is 43.5. The van der Waals surface area contributed by atoms with Crippen molar-refractivity contribution in [2.24, 2.45) is 0 Å². The molecule has 6 nitrogen and oxygen atoms in total. The van der Waals surface area contributed by atoms with Gasteiger partial charge in [0.2, 0.25) is 5.88 Å². The second kappa shape index (κ2) is 9.25. The smallest absolute Gasteiger partial charge is 0.416 e. The molecule has 9 heteroatoms. The first-order chi connectivity index (χ1) is 14.3. The molecular weight excluding hydrogens is 397 g/mol. The molecule has 0 fully saturated rings. The van der Waals surface area contributed by atoms with Crippen molar-refractivity contribution >= 4 is 11.7 Å². The van der Waals surface area contributed by atoms with E-state index in [2.05, 4.69) is 20.8 Å². The lowest BCUT2D eigenvalue weighted by atomic mass is 10.1. The highest BCUT2D eigenvalue weighted by Crippen LogP contribution is 2.30. The molecule has 1 heterocycles. The first-order valence-corrected chi connectivity index (χ1v) is 9.07. The number of amides is 2. The standard InChI is InChI=1S/C21H19F3N4O2/c1-14-5-7-15(8-6-14)18-9-10-19(28-27-18)30-12-11-25-20(29)26-17-4-2-3-16(13-17)21(22,23)24/h2-10,13H,11-12H2,1H3,(H2,25,26,29). The maximum absolute atomic E-state index is 12.7. The van der Waals surface area contributed by atoms with Gasteiger partial charge in [-0.25, -0.2) is 4.79 Å². The van der Waals surface area contributed by atoms with Crippen LogP contribution in [0.2, 0.25) is 0 Å². The summed E-state index contributed by atoms with van der Waals surface area (Å²) in [5, 5.41) is 12.9. The van der Waals surface area contributed by atoms with Crippen LogP contribution in [-0.2, 0) is 6.18 Å². The van der Waals surface area contributed by atoms with Gasteiger partial charge >= 0.3 is 12.2 Å². The number of anilines is 1. The number of aryl methyl sites for hydroxylation is 1. The zero-order valence-electron chi connectivity index (χ0n) is 16.0. The van der Waals surface area contributed by atoms with Crippen molar-refractivity contribution in [3.05, 3.63) is 71.8 Å². The third kappa shape index (κ3) is 5.94. The summed E-state index contributed by atoms with van der Waals surface area (Å²) >= 11 is 0. The van der Waals surface area contributed by atoms with Crippen LogP contribution in [0, 0.1) is 6.92 Å². The number of carbonyl (C=O) groups is 1. The molecule has 0 atom stereocenters. The van der Waals surface area contributed by atoms with Gasteiger partial charge in [0.05, 0.1) is 17.8 Å². The number of nitrogens with zero attached hydrogens (tertiary/aromatic N) is 2. The number of hydrogen-bond acceptors (Lipinski definition) is 4. The van der Waals surface area contributed by atoms with Gasteiger partial charge in [-0.15, -0.1) is 10.2 Å². The molecule has 30 heavy (non-hydrogen) atoms. The van der Waals surface area contributed by atoms with Gasteiger partial charge in [-0.3, -0.25) is 0 Å². The fourth-order valence-electron chi connectivity index (χ4n) is 2.54. The van der Waals surface area contributed by atoms with E-state index < -0.39 is 17.8 Å². The molecule has 0 saturated carbocycles. The second-order valence-corrected chi connectivity index (χ2v) is 6.43. The van der Waals surface area contributed by atoms with E-state index in [0.717, 1.165) is 23.3 Å². The van der Waals surface area contributed by atoms with Crippen LogP contribution >= 0.6 is 0 Å². The number of alkyl halides is 3. The lowest BCUT2D eigenvalue weighted by Gasteiger charge is -2.11. The molecule has 0 aliphatic heterocycles. The van der Waals surface area contributed by atoms with Crippen molar-refractivity contribution in [1.29, 1.82) is 0 Å². The molecule has 0 saturated heterocycles. The summed E-state index contributed by atoms with van der Waals surface area (Å²) in [6.45, 7) is 2.25. The summed E-state index contributed by atoms with van der Waals surface area (Å²) in [6, 6.07) is 15.1. The van der Waals surface area contributed by atoms with Crippen molar-refractivity contribution in [3.8, 4) is 17.1 Å². The molecule has 0 bridgehead atoms. The van der Waals surface area contributed by atoms with Gasteiger partial charge in [-0.2, -0.15) is 13.2 Å². The molecule has 2 amide bonds. The van der Waals surface area contributed by atoms with Crippen molar-refractivity contribution < 1.29 is 22.7 Å². The maximum atomic E-state index is 12.7. The van der Waals surface area contributed by atoms with Gasteiger partial charge < -0.3 is 15.4 Å². The number of carbonyl (C=O) groups excluding carboxylic acids is 1. The molecule has 0 spiro atoms. The highest BCUT2D eigenvalue weighted by atomic mass is 19.4. The van der Waals surface area contributed by atoms with Crippen LogP contribution in [0.3, 0.4) is 0 Å². The van der Waals surface area contributed by atoms with E-state index in [-0.39, 0.29) is 18.8 Å². The summed E-state index contributed by atoms with van der Waals surface area (Å²) in [7, 11) is 0. The minimum absolute atomic E-state index is 0.0424. The molecule has 3 aromatic rings. The Bertz CT molecular complexity index is 990. The van der Waals surface area contributed by atoms with E-state index >= 15 is 0 Å². The van der Waals surface area contributed by atoms with Gasteiger partial charge in [0, 0.05) is 17.3 Å². The first kappa shape index (κ1) is 21.1. The Morgan fingerprint density at radius 2 is 1.80 bits per heavy atom. The third-order valence-corrected chi connectivity index (χ3v) is 4.07. The van der Waals surface area contributed by atoms with Gasteiger partial charge in [0.1, 0.15) is 6.61 Å². The van der Waals surface area contributed by atoms with E-state index in [1.807, 2.05) is 31.2 Å². The van der Waals surface area contributed by atoms with E-state index in [0.29, 0.717) is 11.6 Å². The molecule has 0 aliphatic carbocycles. The zero-order valence-corrected chi connectivity index (χ0v) is 16.0. The number of hydrogen-bond donors (Lipinski definition) is 2. The van der Waals surface area contributed by atoms with Crippen molar-refractivity contribution in [2.75, 3.05) is 18.5 Å². The fraction of sp³-hybridized carbons (Fsp3) is 0.190. The van der Waals surface area contributed by atoms with Crippen LogP contribution in [-0.4, -0.2) is 29.4 Å². The lowest BCUT2D eigenvalue weighted by Crippen LogP contribution is -2.32. The van der Waals surface area contributed by atoms with E-state index in [1.54, 1.807) is 12.1 Å². The molecule has 156 valence electrons.